The van der Waals surface area contributed by atoms with Crippen LogP contribution >= 0.6 is 170 Å². The molecule has 0 unspecified atom stereocenters. The first-order chi connectivity index (χ1) is 71.6. The monoisotopic (exact) mass is 2080 g/mol. The number of hydrogen-bond donors (Lipinski definition) is 2. The molecule has 2 N–H and O–H groups in total. The zero-order chi connectivity index (χ0) is 89.4. The van der Waals surface area contributed by atoms with Crippen molar-refractivity contribution in [2.75, 3.05) is 0 Å². The molecule has 0 spiro atoms. The van der Waals surface area contributed by atoms with Crippen LogP contribution in [0.3, 0.4) is 0 Å². The summed E-state index contributed by atoms with van der Waals surface area (Å²) in [5, 5.41) is 131. The normalized spacial score (nSPS) is 14.8. The van der Waals surface area contributed by atoms with E-state index in [-0.39, 0.29) is 0 Å². The Balaban J connectivity index is 0.0000000683. The predicted octanol–water partition coefficient (Wildman–Crippen LogP) is 42.7. The number of furan rings is 3. The van der Waals surface area contributed by atoms with Gasteiger partial charge in [0.05, 0.1) is 44.1 Å². The predicted molar refractivity (Wildman–Crippen MR) is 643 cm³/mol. The van der Waals surface area contributed by atoms with Gasteiger partial charge in [-0.1, -0.05) is 6.08 Å². The van der Waals surface area contributed by atoms with Gasteiger partial charge in [-0.3, -0.25) is 0 Å². The van der Waals surface area contributed by atoms with Gasteiger partial charge in [0.2, 0.25) is 0 Å². The molecule has 26 heterocycles. The van der Waals surface area contributed by atoms with Gasteiger partial charge in [-0.15, -0.1) is 170 Å². The molecule has 0 atom stereocenters. The van der Waals surface area contributed by atoms with Crippen LogP contribution in [0.15, 0.2) is 162 Å². The van der Waals surface area contributed by atoms with Crippen molar-refractivity contribution < 1.29 is 13.3 Å². The summed E-state index contributed by atoms with van der Waals surface area (Å²) in [6.07, 6.45) is 21.1. The van der Waals surface area contributed by atoms with Gasteiger partial charge >= 0.3 is 0 Å². The van der Waals surface area contributed by atoms with Crippen LogP contribution in [0, 0.1) is 0 Å². The summed E-state index contributed by atoms with van der Waals surface area (Å²) in [7, 11) is 0. The van der Waals surface area contributed by atoms with Crippen LogP contribution in [0.4, 0.5) is 0 Å². The minimum absolute atomic E-state index is 1.02. The highest BCUT2D eigenvalue weighted by atomic mass is 32.2. The van der Waals surface area contributed by atoms with Gasteiger partial charge in [-0.2, -0.15) is 0 Å². The van der Waals surface area contributed by atoms with E-state index in [9.17, 15) is 0 Å². The van der Waals surface area contributed by atoms with Crippen molar-refractivity contribution in [3.63, 3.8) is 0 Å². The van der Waals surface area contributed by atoms with Crippen LogP contribution < -0.4 is 5.22 Å². The molecular weight excluding hydrogens is 2050 g/mol. The first-order valence-electron chi connectivity index (χ1n) is 48.3. The second kappa shape index (κ2) is 20.4. The number of benzene rings is 25. The van der Waals surface area contributed by atoms with Gasteiger partial charge in [-0.25, -0.2) is 0 Å². The molecule has 1 aliphatic rings. The maximum Gasteiger partial charge on any atom is 0.143 e. The lowest BCUT2D eigenvalue weighted by Crippen LogP contribution is -2.03. The summed E-state index contributed by atoms with van der Waals surface area (Å²) in [6.45, 7) is 0. The molecule has 8 nitrogen and oxygen atoms in total. The van der Waals surface area contributed by atoms with Crippen LogP contribution in [-0.4, -0.2) is 23.2 Å². The fourth-order valence-electron chi connectivity index (χ4n) is 33.2. The topological polar surface area (TPSA) is 84.2 Å². The molecule has 0 radical (unpaired) electrons. The minimum atomic E-state index is 1.02. The number of aromatic nitrogens is 5. The fraction of sp³-hybridized carbons (Fsp3) is 0.00826. The van der Waals surface area contributed by atoms with E-state index in [1.165, 1.54) is 427 Å². The number of rotatable bonds is 0. The first kappa shape index (κ1) is 68.4. The zero-order valence-electron chi connectivity index (χ0n) is 72.5. The molecule has 23 heteroatoms. The van der Waals surface area contributed by atoms with E-state index in [0.717, 1.165) is 23.2 Å². The molecule has 0 saturated carbocycles. The number of thiophene rings is 15. The average molecular weight is 2080 g/mol. The molecule has 26 aromatic heterocycles. The molecule has 0 bridgehead atoms. The van der Waals surface area contributed by atoms with Gasteiger partial charge in [0.15, 0.2) is 0 Å². The Labute approximate surface area is 850 Å². The second-order valence-corrected chi connectivity index (χ2v) is 55.4. The summed E-state index contributed by atoms with van der Waals surface area (Å²) in [6, 6.07) is 7.09. The smallest absolute Gasteiger partial charge is 0.143 e. The number of nitrogens with zero attached hydrogens (tertiary/aromatic N) is 3. The van der Waals surface area contributed by atoms with Crippen molar-refractivity contribution in [2.24, 2.45) is 0 Å². The molecule has 0 amide bonds. The summed E-state index contributed by atoms with van der Waals surface area (Å²) in [5.41, 5.74) is 15.6. The van der Waals surface area contributed by atoms with E-state index < -0.39 is 0 Å². The van der Waals surface area contributed by atoms with E-state index in [4.69, 9.17) is 13.3 Å². The van der Waals surface area contributed by atoms with Crippen molar-refractivity contribution in [3.05, 3.63) is 159 Å². The standard InChI is InChI=1S/C31H10N2S3.C30H9N3S3.C30H6O3S3.C30H6S6/c1-2-9-15-8(1)12-5-34-30-10-3-32-28-14-7-36-31-11-4-33-27-13-6-35-29(9)19(13)25-21(15)24(18(12)30)22(16(10)28)26(20(14)31)23(25)17(11)27;1-4-31-13-7-35-29-11-3-6-33-15-9-36-30-12-2-5-32-14-8-34-28-10(1)25(31)22-19(16(14)28)23(26(12)32)21(18(15)30)24(27(11)33)20(22)17(13)29;1-7-13-19-22-16-11(5-34-28(7)16)26-14-9(3-32-26)30-18-12(6-36-30)27-15-8(2-33-27)29-17(10(4-35-29)25(13)31-1)23(19)21(15)24(18)20(14)22;1-7-13-19-20-14-9(3-32-25(7)14)27-16-11(5-34-27)30-18-12(6-36-30)29-17-10(4-35-29)28-15(8(2-33-28)26(13)31-1)21(19)23(17)24(18)22(16)20/h2-7,32-33H,1H2;1-9H;2*1-6H. The van der Waals surface area contributed by atoms with Crippen molar-refractivity contribution in [1.82, 2.24) is 23.2 Å². The van der Waals surface area contributed by atoms with Crippen molar-refractivity contribution >= 4 is 658 Å². The van der Waals surface area contributed by atoms with E-state index in [2.05, 4.69) is 159 Å². The average Bonchev–Trinajstić information content (AvgIpc) is 1.46. The Hall–Kier alpha value is -13.9. The Morgan fingerprint density at radius 3 is 0.771 bits per heavy atom. The van der Waals surface area contributed by atoms with Crippen molar-refractivity contribution in [1.29, 1.82) is 0 Å². The van der Waals surface area contributed by atoms with Gasteiger partial charge in [-0.05, 0) is 56.9 Å². The maximum atomic E-state index is 6.42. The van der Waals surface area contributed by atoms with E-state index in [1.54, 1.807) is 48.7 Å². The lowest BCUT2D eigenvalue weighted by molar-refractivity contribution is 0.623. The molecule has 52 rings (SSSR count). The van der Waals surface area contributed by atoms with Gasteiger partial charge < -0.3 is 36.4 Å². The van der Waals surface area contributed by atoms with Crippen molar-refractivity contribution in [2.45, 2.75) is 6.42 Å². The van der Waals surface area contributed by atoms with Gasteiger partial charge in [0.1, 0.15) is 35.5 Å². The number of aromatic amines is 2. The molecule has 0 saturated heterocycles. The largest absolute Gasteiger partial charge is 0.463 e. The maximum absolute atomic E-state index is 6.42. The lowest BCUT2D eigenvalue weighted by atomic mass is 9.79. The molecule has 51 aromatic rings. The molecule has 1 aliphatic carbocycles. The fourth-order valence-corrected chi connectivity index (χ4v) is 49.9. The molecule has 0 fully saturated rings. The third kappa shape index (κ3) is 6.02. The molecule has 648 valence electrons. The molecule has 0 aliphatic heterocycles. The van der Waals surface area contributed by atoms with Gasteiger partial charge in [0, 0.05) is 511 Å². The van der Waals surface area contributed by atoms with Crippen molar-refractivity contribution in [3.8, 4) is 0 Å². The van der Waals surface area contributed by atoms with Crippen LogP contribution in [0.5, 0.6) is 0 Å². The molecular formula is C121H31N5O3S15. The number of H-pyrrole nitrogens is 2. The summed E-state index contributed by atoms with van der Waals surface area (Å²) < 4.78 is 48.3. The second-order valence-electron chi connectivity index (χ2n) is 42.2. The molecule has 25 aromatic carbocycles. The third-order valence-electron chi connectivity index (χ3n) is 37.7. The highest BCUT2D eigenvalue weighted by Gasteiger charge is 2.43. The van der Waals surface area contributed by atoms with Gasteiger partial charge in [0.25, 0.3) is 0 Å². The van der Waals surface area contributed by atoms with Crippen LogP contribution in [0.1, 0.15) is 5.56 Å². The molecule has 144 heavy (non-hydrogen) atoms. The van der Waals surface area contributed by atoms with E-state index in [0.29, 0.717) is 0 Å². The first-order valence-corrected chi connectivity index (χ1v) is 61.5. The Kier molecular flexibility index (Phi) is 9.69. The third-order valence-corrected chi connectivity index (χ3v) is 52.8. The highest BCUT2D eigenvalue weighted by Crippen LogP contribution is 2.71. The number of fused-ring (bicyclic) bond motifs is 24. The lowest BCUT2D eigenvalue weighted by Gasteiger charge is -2.23. The Morgan fingerprint density at radius 1 is 0.188 bits per heavy atom. The highest BCUT2D eigenvalue weighted by molar-refractivity contribution is 7.29. The zero-order valence-corrected chi connectivity index (χ0v) is 84.7. The SMILES string of the molecule is C1=c2c3scc4c5[nH]cc6c7scc8c9[nH]cc%10c%11scc%12c(c2c2c(c34)c(c65)c(c87)c(c%109)c2c%12%11)C1.c1cn2c3csc4c5ccn6c7csc8c9ccn%10c%11csc%12c1c2c1c(c%12%11)c(c(c87)c(c1c43)c56)c9%10.c1oc2c3csc4c5coc6c7csc8c9coc%10c%11csc%12c1c2c1c(c34)c(c56)c(c78)c(c9%10)c1c%11%12.c1sc2c3csc4c5csc6c7csc8c9csc%10c%11csc%12c1c2c1c(c%11%12)c(c9%10)c(c78)c(c56)c1c34. The Bertz CT molecular complexity index is 12200. The quantitative estimate of drug-likeness (QED) is 0.117. The number of nitrogens with one attached hydrogen (secondary N) is 2. The van der Waals surface area contributed by atoms with Crippen LogP contribution in [0.2, 0.25) is 0 Å². The van der Waals surface area contributed by atoms with Crippen LogP contribution in [-0.2, 0) is 6.42 Å². The number of pyridine rings is 3. The number of hydrogen-bond acceptors (Lipinski definition) is 18. The Morgan fingerprint density at radius 2 is 0.424 bits per heavy atom. The summed E-state index contributed by atoms with van der Waals surface area (Å²) in [4.78, 5) is 7.53. The summed E-state index contributed by atoms with van der Waals surface area (Å²) in [5.74, 6) is 0. The van der Waals surface area contributed by atoms with E-state index >= 15 is 0 Å². The van der Waals surface area contributed by atoms with Crippen LogP contribution in [0.25, 0.3) is 488 Å². The summed E-state index contributed by atoms with van der Waals surface area (Å²) >= 11 is 28.8. The minimum Gasteiger partial charge on any atom is -0.463 e. The van der Waals surface area contributed by atoms with E-state index in [1.807, 2.05) is 189 Å².